The van der Waals surface area contributed by atoms with E-state index in [1.807, 2.05) is 0 Å². The first-order chi connectivity index (χ1) is 8.62. The number of aliphatic hydroxyl groups excluding tert-OH is 1. The van der Waals surface area contributed by atoms with E-state index < -0.39 is 10.0 Å². The van der Waals surface area contributed by atoms with Gasteiger partial charge in [-0.3, -0.25) is 0 Å². The number of ether oxygens (including phenoxy) is 1. The SMILES string of the molecule is O=S(=O)(Cc1ccc(CO)cc1)N1CCOCC1. The van der Waals surface area contributed by atoms with E-state index in [2.05, 4.69) is 0 Å². The molecule has 0 radical (unpaired) electrons. The summed E-state index contributed by atoms with van der Waals surface area (Å²) in [5.41, 5.74) is 1.52. The molecule has 1 heterocycles. The Balaban J connectivity index is 2.06. The summed E-state index contributed by atoms with van der Waals surface area (Å²) in [6, 6.07) is 6.96. The molecule has 1 aromatic rings. The Bertz CT molecular complexity index is 477. The van der Waals surface area contributed by atoms with Gasteiger partial charge in [-0.15, -0.1) is 0 Å². The minimum atomic E-state index is -3.27. The molecule has 2 rings (SSSR count). The summed E-state index contributed by atoms with van der Waals surface area (Å²) in [5.74, 6) is -0.00128. The molecule has 5 nitrogen and oxygen atoms in total. The molecule has 1 N–H and O–H groups in total. The lowest BCUT2D eigenvalue weighted by Gasteiger charge is -2.26. The fourth-order valence-corrected chi connectivity index (χ4v) is 3.37. The van der Waals surface area contributed by atoms with E-state index >= 15 is 0 Å². The van der Waals surface area contributed by atoms with Crippen LogP contribution < -0.4 is 0 Å². The summed E-state index contributed by atoms with van der Waals surface area (Å²) in [6.07, 6.45) is 0. The Kier molecular flexibility index (Phi) is 4.34. The van der Waals surface area contributed by atoms with Crippen molar-refractivity contribution in [2.24, 2.45) is 0 Å². The number of morpholine rings is 1. The summed E-state index contributed by atoms with van der Waals surface area (Å²) < 4.78 is 30.9. The number of aliphatic hydroxyl groups is 1. The minimum absolute atomic E-state index is 0.00128. The first-order valence-corrected chi connectivity index (χ1v) is 7.47. The van der Waals surface area contributed by atoms with Crippen LogP contribution in [0.25, 0.3) is 0 Å². The second-order valence-corrected chi connectivity index (χ2v) is 6.21. The average molecular weight is 271 g/mol. The molecule has 0 amide bonds. The zero-order valence-electron chi connectivity index (χ0n) is 10.1. The van der Waals surface area contributed by atoms with E-state index in [0.29, 0.717) is 26.3 Å². The van der Waals surface area contributed by atoms with Gasteiger partial charge in [0.05, 0.1) is 25.6 Å². The number of rotatable bonds is 4. The van der Waals surface area contributed by atoms with Crippen LogP contribution in [0.2, 0.25) is 0 Å². The van der Waals surface area contributed by atoms with Crippen molar-refractivity contribution in [3.63, 3.8) is 0 Å². The van der Waals surface area contributed by atoms with Gasteiger partial charge in [0, 0.05) is 13.1 Å². The van der Waals surface area contributed by atoms with Crippen LogP contribution in [0.15, 0.2) is 24.3 Å². The van der Waals surface area contributed by atoms with Crippen molar-refractivity contribution in [1.29, 1.82) is 0 Å². The van der Waals surface area contributed by atoms with Crippen molar-refractivity contribution in [3.8, 4) is 0 Å². The number of benzene rings is 1. The number of hydrogen-bond acceptors (Lipinski definition) is 4. The Hall–Kier alpha value is -0.950. The van der Waals surface area contributed by atoms with Crippen molar-refractivity contribution >= 4 is 10.0 Å². The quantitative estimate of drug-likeness (QED) is 0.857. The summed E-state index contributed by atoms with van der Waals surface area (Å²) >= 11 is 0. The first kappa shape index (κ1) is 13.5. The van der Waals surface area contributed by atoms with Gasteiger partial charge in [0.2, 0.25) is 10.0 Å². The lowest BCUT2D eigenvalue weighted by atomic mass is 10.2. The Morgan fingerprint density at radius 1 is 1.11 bits per heavy atom. The normalized spacial score (nSPS) is 17.8. The number of sulfonamides is 1. The molecular formula is C12H17NO4S. The van der Waals surface area contributed by atoms with Crippen LogP contribution >= 0.6 is 0 Å². The summed E-state index contributed by atoms with van der Waals surface area (Å²) in [6.45, 7) is 1.75. The van der Waals surface area contributed by atoms with E-state index in [-0.39, 0.29) is 12.4 Å². The third-order valence-electron chi connectivity index (χ3n) is 2.92. The zero-order chi connectivity index (χ0) is 13.0. The van der Waals surface area contributed by atoms with Crippen LogP contribution in [0.3, 0.4) is 0 Å². The molecule has 0 spiro atoms. The molecule has 100 valence electrons. The Labute approximate surface area is 107 Å². The van der Waals surface area contributed by atoms with Crippen LogP contribution in [-0.4, -0.2) is 44.1 Å². The molecule has 18 heavy (non-hydrogen) atoms. The topological polar surface area (TPSA) is 66.8 Å². The number of hydrogen-bond donors (Lipinski definition) is 1. The van der Waals surface area contributed by atoms with E-state index in [9.17, 15) is 8.42 Å². The minimum Gasteiger partial charge on any atom is -0.392 e. The van der Waals surface area contributed by atoms with Crippen molar-refractivity contribution in [3.05, 3.63) is 35.4 Å². The van der Waals surface area contributed by atoms with Gasteiger partial charge >= 0.3 is 0 Å². The zero-order valence-corrected chi connectivity index (χ0v) is 10.9. The summed E-state index contributed by atoms with van der Waals surface area (Å²) in [4.78, 5) is 0. The lowest BCUT2D eigenvalue weighted by molar-refractivity contribution is 0.0729. The molecule has 0 unspecified atom stereocenters. The lowest BCUT2D eigenvalue weighted by Crippen LogP contribution is -2.41. The molecule has 1 aliphatic heterocycles. The van der Waals surface area contributed by atoms with E-state index in [0.717, 1.165) is 11.1 Å². The second kappa shape index (κ2) is 5.79. The van der Waals surface area contributed by atoms with Crippen LogP contribution in [0.4, 0.5) is 0 Å². The summed E-state index contributed by atoms with van der Waals surface area (Å²) in [7, 11) is -3.27. The third-order valence-corrected chi connectivity index (χ3v) is 4.77. The molecule has 1 aliphatic rings. The van der Waals surface area contributed by atoms with E-state index in [1.54, 1.807) is 24.3 Å². The van der Waals surface area contributed by atoms with Crippen LogP contribution in [0, 0.1) is 0 Å². The highest BCUT2D eigenvalue weighted by Gasteiger charge is 2.24. The molecule has 0 saturated carbocycles. The molecule has 1 saturated heterocycles. The van der Waals surface area contributed by atoms with Crippen molar-refractivity contribution in [1.82, 2.24) is 4.31 Å². The Morgan fingerprint density at radius 3 is 2.22 bits per heavy atom. The average Bonchev–Trinajstić information content (AvgIpc) is 2.40. The van der Waals surface area contributed by atoms with Gasteiger partial charge in [-0.25, -0.2) is 8.42 Å². The standard InChI is InChI=1S/C12H17NO4S/c14-9-11-1-3-12(4-2-11)10-18(15,16)13-5-7-17-8-6-13/h1-4,14H,5-10H2. The van der Waals surface area contributed by atoms with E-state index in [1.165, 1.54) is 4.31 Å². The van der Waals surface area contributed by atoms with Crippen LogP contribution in [-0.2, 0) is 27.1 Å². The maximum atomic E-state index is 12.1. The monoisotopic (exact) mass is 271 g/mol. The van der Waals surface area contributed by atoms with Crippen molar-refractivity contribution in [2.45, 2.75) is 12.4 Å². The van der Waals surface area contributed by atoms with Gasteiger partial charge in [-0.1, -0.05) is 24.3 Å². The highest BCUT2D eigenvalue weighted by molar-refractivity contribution is 7.88. The van der Waals surface area contributed by atoms with Gasteiger partial charge in [-0.05, 0) is 11.1 Å². The molecule has 0 aromatic heterocycles. The molecule has 6 heteroatoms. The van der Waals surface area contributed by atoms with Crippen LogP contribution in [0.5, 0.6) is 0 Å². The van der Waals surface area contributed by atoms with E-state index in [4.69, 9.17) is 9.84 Å². The predicted molar refractivity (Wildman–Crippen MR) is 67.4 cm³/mol. The molecule has 0 aliphatic carbocycles. The first-order valence-electron chi connectivity index (χ1n) is 5.86. The molecule has 0 atom stereocenters. The van der Waals surface area contributed by atoms with Crippen LogP contribution in [0.1, 0.15) is 11.1 Å². The molecule has 0 bridgehead atoms. The number of nitrogens with zero attached hydrogens (tertiary/aromatic N) is 1. The smallest absolute Gasteiger partial charge is 0.218 e. The van der Waals surface area contributed by atoms with Gasteiger partial charge in [0.25, 0.3) is 0 Å². The molecular weight excluding hydrogens is 254 g/mol. The summed E-state index contributed by atoms with van der Waals surface area (Å²) in [5, 5.41) is 8.92. The highest BCUT2D eigenvalue weighted by atomic mass is 32.2. The fourth-order valence-electron chi connectivity index (χ4n) is 1.87. The maximum Gasteiger partial charge on any atom is 0.218 e. The molecule has 1 fully saturated rings. The fraction of sp³-hybridized carbons (Fsp3) is 0.500. The Morgan fingerprint density at radius 2 is 1.67 bits per heavy atom. The highest BCUT2D eigenvalue weighted by Crippen LogP contribution is 2.13. The molecule has 1 aromatic carbocycles. The van der Waals surface area contributed by atoms with Crippen molar-refractivity contribution < 1.29 is 18.3 Å². The second-order valence-electron chi connectivity index (χ2n) is 4.24. The van der Waals surface area contributed by atoms with Gasteiger partial charge in [0.15, 0.2) is 0 Å². The predicted octanol–water partition coefficient (Wildman–Crippen LogP) is 0.341. The third kappa shape index (κ3) is 3.29. The van der Waals surface area contributed by atoms with Gasteiger partial charge in [-0.2, -0.15) is 4.31 Å². The van der Waals surface area contributed by atoms with Gasteiger partial charge in [0.1, 0.15) is 0 Å². The largest absolute Gasteiger partial charge is 0.392 e. The van der Waals surface area contributed by atoms with Crippen molar-refractivity contribution in [2.75, 3.05) is 26.3 Å². The van der Waals surface area contributed by atoms with Gasteiger partial charge < -0.3 is 9.84 Å². The maximum absolute atomic E-state index is 12.1.